The van der Waals surface area contributed by atoms with Crippen molar-refractivity contribution in [3.8, 4) is 0 Å². The van der Waals surface area contributed by atoms with Crippen molar-refractivity contribution in [3.63, 3.8) is 0 Å². The molecule has 2 heterocycles. The quantitative estimate of drug-likeness (QED) is 0.344. The molecule has 31 heavy (non-hydrogen) atoms. The summed E-state index contributed by atoms with van der Waals surface area (Å²) in [4.78, 5) is 17.6. The molecule has 8 heteroatoms. The molecule has 1 aromatic rings. The number of nitrogens with zero attached hydrogens (tertiary/aromatic N) is 2. The Balaban J connectivity index is 0.000000280. The third-order valence-electron chi connectivity index (χ3n) is 5.91. The van der Waals surface area contributed by atoms with Crippen molar-refractivity contribution in [2.24, 2.45) is 17.0 Å². The van der Waals surface area contributed by atoms with Crippen LogP contribution >= 0.6 is 11.6 Å². The highest BCUT2D eigenvalue weighted by molar-refractivity contribution is 6.25. The van der Waals surface area contributed by atoms with Crippen LogP contribution in [0.4, 0.5) is 0 Å². The number of Topliss-reactive ketones (excluding diaryl/α,β-unsaturated/α-hetero) is 1. The lowest BCUT2D eigenvalue weighted by Gasteiger charge is -2.32. The fourth-order valence-electron chi connectivity index (χ4n) is 4.06. The van der Waals surface area contributed by atoms with Gasteiger partial charge in [0.05, 0.1) is 17.0 Å². The molecule has 4 rings (SSSR count). The average Bonchev–Trinajstić information content (AvgIpc) is 3.49. The highest BCUT2D eigenvalue weighted by Crippen LogP contribution is 2.38. The van der Waals surface area contributed by atoms with Gasteiger partial charge in [0.2, 0.25) is 0 Å². The number of carbonyl (C=O) groups excluding carboxylic acids is 1. The number of aromatic nitrogens is 1. The number of ether oxygens (including phenoxy) is 1. The van der Waals surface area contributed by atoms with Crippen LogP contribution in [-0.2, 0) is 14.4 Å². The van der Waals surface area contributed by atoms with E-state index in [1.54, 1.807) is 12.3 Å². The van der Waals surface area contributed by atoms with Crippen molar-refractivity contribution >= 4 is 23.1 Å². The zero-order valence-electron chi connectivity index (χ0n) is 18.0. The topological polar surface area (TPSA) is 94.2 Å². The van der Waals surface area contributed by atoms with E-state index in [9.17, 15) is 9.90 Å². The summed E-state index contributed by atoms with van der Waals surface area (Å²) in [6, 6.07) is 1.94. The first kappa shape index (κ1) is 23.5. The van der Waals surface area contributed by atoms with E-state index in [0.717, 1.165) is 37.7 Å². The van der Waals surface area contributed by atoms with E-state index < -0.39 is 0 Å². The fourth-order valence-corrected chi connectivity index (χ4v) is 4.14. The third kappa shape index (κ3) is 6.94. The van der Waals surface area contributed by atoms with E-state index in [1.165, 1.54) is 18.4 Å². The largest absolute Gasteiger partial charge is 0.511 e. The summed E-state index contributed by atoms with van der Waals surface area (Å²) >= 11 is 5.41. The second-order valence-electron chi connectivity index (χ2n) is 8.11. The highest BCUT2D eigenvalue weighted by Gasteiger charge is 2.35. The Labute approximate surface area is 188 Å². The van der Waals surface area contributed by atoms with Crippen molar-refractivity contribution in [2.75, 3.05) is 19.8 Å². The molecule has 1 N–H and O–H groups in total. The Morgan fingerprint density at radius 2 is 2.06 bits per heavy atom. The second-order valence-corrected chi connectivity index (χ2v) is 8.36. The van der Waals surface area contributed by atoms with Gasteiger partial charge in [-0.3, -0.25) is 4.79 Å². The van der Waals surface area contributed by atoms with Crippen molar-refractivity contribution in [3.05, 3.63) is 41.0 Å². The fraction of sp³-hybridized carbons (Fsp3) is 0.609. The smallest absolute Gasteiger partial charge is 0.168 e. The maximum atomic E-state index is 12.5. The molecule has 0 spiro atoms. The van der Waals surface area contributed by atoms with Crippen molar-refractivity contribution in [1.29, 1.82) is 0 Å². The van der Waals surface area contributed by atoms with Gasteiger partial charge in [-0.2, -0.15) is 0 Å². The summed E-state index contributed by atoms with van der Waals surface area (Å²) in [6.45, 7) is 3.62. The molecule has 1 saturated carbocycles. The zero-order chi connectivity index (χ0) is 22.1. The number of allylic oxidation sites excluding steroid dienone is 2. The molecule has 0 bridgehead atoms. The van der Waals surface area contributed by atoms with E-state index in [2.05, 4.69) is 14.8 Å². The van der Waals surface area contributed by atoms with Crippen LogP contribution in [0.25, 0.3) is 0 Å². The molecule has 2 aliphatic carbocycles. The molecule has 0 amide bonds. The van der Waals surface area contributed by atoms with Gasteiger partial charge >= 0.3 is 0 Å². The van der Waals surface area contributed by atoms with E-state index in [1.807, 2.05) is 13.0 Å². The Bertz CT molecular complexity index is 793. The minimum Gasteiger partial charge on any atom is -0.511 e. The van der Waals surface area contributed by atoms with Gasteiger partial charge in [0, 0.05) is 43.6 Å². The maximum Gasteiger partial charge on any atom is 0.168 e. The molecule has 1 unspecified atom stereocenters. The molecule has 2 fully saturated rings. The normalized spacial score (nSPS) is 23.1. The SMILES string of the molecule is CCC(=NOCC=CCl)C1=C(O)CC(C2CCOCC2)CC1=O.c1cc(C2CC2)no1. The molecular weight excluding hydrogens is 420 g/mol. The number of halogens is 1. The van der Waals surface area contributed by atoms with Crippen LogP contribution < -0.4 is 0 Å². The molecule has 1 saturated heterocycles. The molecule has 7 nitrogen and oxygen atoms in total. The first-order valence-electron chi connectivity index (χ1n) is 11.0. The Hall–Kier alpha value is -2.12. The van der Waals surface area contributed by atoms with Gasteiger partial charge in [-0.25, -0.2) is 0 Å². The lowest BCUT2D eigenvalue weighted by molar-refractivity contribution is -0.117. The summed E-state index contributed by atoms with van der Waals surface area (Å²) in [5, 5.41) is 18.2. The number of ketones is 1. The molecule has 170 valence electrons. The number of carbonyl (C=O) groups is 1. The Morgan fingerprint density at radius 3 is 2.65 bits per heavy atom. The van der Waals surface area contributed by atoms with Crippen LogP contribution in [0, 0.1) is 11.8 Å². The number of aliphatic hydroxyl groups is 1. The lowest BCUT2D eigenvalue weighted by Crippen LogP contribution is -2.31. The number of aliphatic hydroxyl groups excluding tert-OH is 1. The van der Waals surface area contributed by atoms with Crippen LogP contribution in [-0.4, -0.2) is 41.6 Å². The molecule has 3 aliphatic rings. The van der Waals surface area contributed by atoms with Crippen molar-refractivity contribution < 1.29 is 24.0 Å². The van der Waals surface area contributed by atoms with Crippen LogP contribution in [0.2, 0.25) is 0 Å². The molecule has 1 aromatic heterocycles. The second kappa shape index (κ2) is 12.1. The Kier molecular flexibility index (Phi) is 9.15. The monoisotopic (exact) mass is 450 g/mol. The standard InChI is InChI=1S/C17H24ClNO4.C6H7NO/c1-2-14(19-23-7-3-6-18)17-15(20)10-13(11-16(17)21)12-4-8-22-9-5-12;1-2-5(1)6-3-4-8-7-6/h3,6,12-13,20H,2,4-5,7-11H2,1H3;3-5H,1-2H2. The predicted octanol–water partition coefficient (Wildman–Crippen LogP) is 5.29. The van der Waals surface area contributed by atoms with Crippen molar-refractivity contribution in [1.82, 2.24) is 5.16 Å². The lowest BCUT2D eigenvalue weighted by atomic mass is 9.75. The first-order valence-corrected chi connectivity index (χ1v) is 11.4. The van der Waals surface area contributed by atoms with Gasteiger partial charge in [0.1, 0.15) is 18.6 Å². The summed E-state index contributed by atoms with van der Waals surface area (Å²) in [5.74, 6) is 1.49. The third-order valence-corrected chi connectivity index (χ3v) is 6.09. The number of hydrogen-bond donors (Lipinski definition) is 1. The van der Waals surface area contributed by atoms with Gasteiger partial charge in [0.25, 0.3) is 0 Å². The minimum absolute atomic E-state index is 0.0395. The Morgan fingerprint density at radius 1 is 1.29 bits per heavy atom. The first-order chi connectivity index (χ1) is 15.1. The zero-order valence-corrected chi connectivity index (χ0v) is 18.7. The summed E-state index contributed by atoms with van der Waals surface area (Å²) < 4.78 is 10.0. The van der Waals surface area contributed by atoms with Gasteiger partial charge in [-0.1, -0.05) is 28.8 Å². The van der Waals surface area contributed by atoms with E-state index >= 15 is 0 Å². The summed E-state index contributed by atoms with van der Waals surface area (Å²) in [7, 11) is 0. The van der Waals surface area contributed by atoms with Crippen LogP contribution in [0.15, 0.2) is 45.0 Å². The molecule has 0 aromatic carbocycles. The van der Waals surface area contributed by atoms with Crippen LogP contribution in [0.1, 0.15) is 63.5 Å². The summed E-state index contributed by atoms with van der Waals surface area (Å²) in [6.07, 6.45) is 9.28. The van der Waals surface area contributed by atoms with Crippen LogP contribution in [0.3, 0.4) is 0 Å². The van der Waals surface area contributed by atoms with Crippen LogP contribution in [0.5, 0.6) is 0 Å². The molecule has 1 atom stereocenters. The van der Waals surface area contributed by atoms with Gasteiger partial charge in [-0.05, 0) is 50.0 Å². The van der Waals surface area contributed by atoms with Gasteiger partial charge in [0.15, 0.2) is 5.78 Å². The highest BCUT2D eigenvalue weighted by atomic mass is 35.5. The number of rotatable bonds is 7. The molecule has 0 radical (unpaired) electrons. The van der Waals surface area contributed by atoms with Gasteiger partial charge in [-0.15, -0.1) is 0 Å². The summed E-state index contributed by atoms with van der Waals surface area (Å²) in [5.41, 5.74) is 3.32. The van der Waals surface area contributed by atoms with Crippen molar-refractivity contribution in [2.45, 2.75) is 57.8 Å². The minimum atomic E-state index is -0.0395. The molecular formula is C23H31ClN2O5. The predicted molar refractivity (Wildman–Crippen MR) is 118 cm³/mol. The number of oxime groups is 1. The number of hydrogen-bond acceptors (Lipinski definition) is 7. The molecule has 1 aliphatic heterocycles. The van der Waals surface area contributed by atoms with E-state index in [4.69, 9.17) is 21.2 Å². The van der Waals surface area contributed by atoms with Gasteiger partial charge < -0.3 is 19.2 Å². The average molecular weight is 451 g/mol. The van der Waals surface area contributed by atoms with E-state index in [0.29, 0.717) is 36.5 Å². The maximum absolute atomic E-state index is 12.5. The van der Waals surface area contributed by atoms with E-state index in [-0.39, 0.29) is 24.1 Å².